The van der Waals surface area contributed by atoms with E-state index in [4.69, 9.17) is 20.1 Å². The molecular weight excluding hydrogens is 180 g/mol. The molecule has 1 fully saturated rings. The van der Waals surface area contributed by atoms with E-state index < -0.39 is 37.1 Å². The predicted octanol–water partition coefficient (Wildman–Crippen LogP) is -3.18. The molecule has 0 aromatic heterocycles. The van der Waals surface area contributed by atoms with Gasteiger partial charge in [-0.3, -0.25) is 0 Å². The predicted molar refractivity (Wildman–Crippen MR) is 40.9 cm³/mol. The molecule has 0 amide bonds. The van der Waals surface area contributed by atoms with Gasteiger partial charge in [-0.1, -0.05) is 0 Å². The van der Waals surface area contributed by atoms with E-state index in [-0.39, 0.29) is 6.61 Å². The zero-order chi connectivity index (χ0) is 10.0. The molecule has 5 atom stereocenters. The van der Waals surface area contributed by atoms with E-state index in [0.717, 1.165) is 0 Å². The molecule has 78 valence electrons. The summed E-state index contributed by atoms with van der Waals surface area (Å²) in [5.74, 6) is 0. The van der Waals surface area contributed by atoms with Gasteiger partial charge in [-0.2, -0.15) is 0 Å². The molecule has 6 nitrogen and oxygen atoms in total. The Labute approximate surface area is 75.0 Å². The number of hydrogen-bond acceptors (Lipinski definition) is 6. The molecule has 0 radical (unpaired) electrons. The van der Waals surface area contributed by atoms with Crippen molar-refractivity contribution in [1.82, 2.24) is 0 Å². The molecule has 5 N–H and O–H groups in total. The maximum atomic E-state index is 9.30. The fourth-order valence-corrected chi connectivity index (χ4v) is 1.27. The zero-order valence-electron chi connectivity index (χ0n) is 6.95. The van der Waals surface area contributed by atoms with Crippen LogP contribution in [-0.2, 0) is 4.74 Å². The highest BCUT2D eigenvalue weighted by Gasteiger charge is 2.40. The first-order valence-electron chi connectivity index (χ1n) is 4.02. The summed E-state index contributed by atoms with van der Waals surface area (Å²) < 4.78 is 4.86. The minimum absolute atomic E-state index is 0.167. The molecule has 0 aromatic rings. The highest BCUT2D eigenvalue weighted by Crippen LogP contribution is 2.17. The molecule has 1 saturated heterocycles. The summed E-state index contributed by atoms with van der Waals surface area (Å²) >= 11 is 0. The Morgan fingerprint density at radius 2 is 1.85 bits per heavy atom. The van der Waals surface area contributed by atoms with E-state index in [1.807, 2.05) is 0 Å². The Bertz CT molecular complexity index is 163. The molecule has 0 bridgehead atoms. The van der Waals surface area contributed by atoms with Crippen LogP contribution >= 0.6 is 0 Å². The van der Waals surface area contributed by atoms with Gasteiger partial charge in [-0.25, -0.2) is 0 Å². The zero-order valence-corrected chi connectivity index (χ0v) is 6.95. The lowest BCUT2D eigenvalue weighted by atomic mass is 9.97. The van der Waals surface area contributed by atoms with Gasteiger partial charge in [0.05, 0.1) is 13.2 Å². The number of ether oxygens (including phenoxy) is 1. The van der Waals surface area contributed by atoms with Crippen LogP contribution in [0.25, 0.3) is 0 Å². The summed E-state index contributed by atoms with van der Waals surface area (Å²) in [6.07, 6.45) is -6.19. The van der Waals surface area contributed by atoms with Crippen LogP contribution in [0.5, 0.6) is 0 Å². The van der Waals surface area contributed by atoms with Crippen molar-refractivity contribution < 1.29 is 30.3 Å². The molecule has 1 rings (SSSR count). The molecule has 1 heterocycles. The van der Waals surface area contributed by atoms with Crippen LogP contribution in [0.2, 0.25) is 0 Å². The van der Waals surface area contributed by atoms with Crippen LogP contribution in [0.3, 0.4) is 0 Å². The van der Waals surface area contributed by atoms with Gasteiger partial charge in [-0.05, 0) is 0 Å². The largest absolute Gasteiger partial charge is 0.394 e. The van der Waals surface area contributed by atoms with Crippen LogP contribution in [0, 0.1) is 0 Å². The van der Waals surface area contributed by atoms with Crippen molar-refractivity contribution in [2.24, 2.45) is 0 Å². The standard InChI is InChI=1S/C7H14O6/c8-1-3(9)7-6(12)5(11)4(10)2-13-7/h3-12H,1-2H2/t3-,4?,5-,6+,7?/m1/s1. The second-order valence-corrected chi connectivity index (χ2v) is 3.10. The van der Waals surface area contributed by atoms with E-state index in [9.17, 15) is 10.2 Å². The van der Waals surface area contributed by atoms with Crippen molar-refractivity contribution >= 4 is 0 Å². The summed E-state index contributed by atoms with van der Waals surface area (Å²) in [6, 6.07) is 0. The van der Waals surface area contributed by atoms with Crippen molar-refractivity contribution in [3.05, 3.63) is 0 Å². The monoisotopic (exact) mass is 194 g/mol. The van der Waals surface area contributed by atoms with Crippen LogP contribution < -0.4 is 0 Å². The van der Waals surface area contributed by atoms with Crippen molar-refractivity contribution in [1.29, 1.82) is 0 Å². The summed E-state index contributed by atoms with van der Waals surface area (Å²) in [7, 11) is 0. The van der Waals surface area contributed by atoms with Gasteiger partial charge in [0, 0.05) is 0 Å². The van der Waals surface area contributed by atoms with Crippen molar-refractivity contribution in [2.75, 3.05) is 13.2 Å². The van der Waals surface area contributed by atoms with Crippen molar-refractivity contribution in [3.8, 4) is 0 Å². The minimum Gasteiger partial charge on any atom is -0.394 e. The first-order valence-corrected chi connectivity index (χ1v) is 4.02. The fourth-order valence-electron chi connectivity index (χ4n) is 1.27. The number of rotatable bonds is 2. The molecule has 0 aliphatic carbocycles. The third-order valence-corrected chi connectivity index (χ3v) is 2.11. The Morgan fingerprint density at radius 3 is 2.38 bits per heavy atom. The first kappa shape index (κ1) is 10.8. The normalized spacial score (nSPS) is 43.2. The third-order valence-electron chi connectivity index (χ3n) is 2.11. The lowest BCUT2D eigenvalue weighted by molar-refractivity contribution is -0.214. The van der Waals surface area contributed by atoms with Gasteiger partial charge in [0.1, 0.15) is 30.5 Å². The molecule has 2 unspecified atom stereocenters. The molecule has 1 aliphatic heterocycles. The average molecular weight is 194 g/mol. The summed E-state index contributed by atoms with van der Waals surface area (Å²) in [6.45, 7) is -0.732. The number of hydrogen-bond donors (Lipinski definition) is 5. The third kappa shape index (κ3) is 2.16. The highest BCUT2D eigenvalue weighted by molar-refractivity contribution is 4.89. The van der Waals surface area contributed by atoms with Crippen LogP contribution in [-0.4, -0.2) is 69.3 Å². The van der Waals surface area contributed by atoms with E-state index in [1.165, 1.54) is 0 Å². The smallest absolute Gasteiger partial charge is 0.114 e. The fraction of sp³-hybridized carbons (Fsp3) is 1.00. The Kier molecular flexibility index (Phi) is 3.60. The molecule has 1 aliphatic rings. The molecule has 0 saturated carbocycles. The lowest BCUT2D eigenvalue weighted by Gasteiger charge is -2.36. The van der Waals surface area contributed by atoms with Crippen molar-refractivity contribution in [2.45, 2.75) is 30.5 Å². The van der Waals surface area contributed by atoms with E-state index in [2.05, 4.69) is 0 Å². The molecule has 0 aromatic carbocycles. The lowest BCUT2D eigenvalue weighted by Crippen LogP contribution is -2.57. The summed E-state index contributed by atoms with van der Waals surface area (Å²) in [5.41, 5.74) is 0. The topological polar surface area (TPSA) is 110 Å². The van der Waals surface area contributed by atoms with Gasteiger partial charge in [0.15, 0.2) is 0 Å². The Balaban J connectivity index is 2.58. The van der Waals surface area contributed by atoms with Crippen LogP contribution in [0.4, 0.5) is 0 Å². The molecule has 13 heavy (non-hydrogen) atoms. The Morgan fingerprint density at radius 1 is 1.23 bits per heavy atom. The second kappa shape index (κ2) is 4.32. The van der Waals surface area contributed by atoms with Gasteiger partial charge in [0.2, 0.25) is 0 Å². The SMILES string of the molecule is OC[C@@H](O)C1OCC(O)[C@@H](O)[C@@H]1O. The minimum atomic E-state index is -1.38. The highest BCUT2D eigenvalue weighted by atomic mass is 16.5. The summed E-state index contributed by atoms with van der Waals surface area (Å²) in [5, 5.41) is 45.2. The maximum absolute atomic E-state index is 9.30. The molecule has 6 heteroatoms. The van der Waals surface area contributed by atoms with E-state index in [0.29, 0.717) is 0 Å². The Hall–Kier alpha value is -0.240. The summed E-state index contributed by atoms with van der Waals surface area (Å²) in [4.78, 5) is 0. The van der Waals surface area contributed by atoms with Gasteiger partial charge in [0.25, 0.3) is 0 Å². The van der Waals surface area contributed by atoms with Crippen LogP contribution in [0.15, 0.2) is 0 Å². The average Bonchev–Trinajstić information content (AvgIpc) is 2.13. The van der Waals surface area contributed by atoms with Gasteiger partial charge < -0.3 is 30.3 Å². The van der Waals surface area contributed by atoms with Crippen LogP contribution in [0.1, 0.15) is 0 Å². The second-order valence-electron chi connectivity index (χ2n) is 3.10. The first-order chi connectivity index (χ1) is 6.07. The molecule has 0 spiro atoms. The van der Waals surface area contributed by atoms with Gasteiger partial charge >= 0.3 is 0 Å². The van der Waals surface area contributed by atoms with E-state index in [1.54, 1.807) is 0 Å². The number of aliphatic hydroxyl groups excluding tert-OH is 5. The molecular formula is C7H14O6. The number of aliphatic hydroxyl groups is 5. The maximum Gasteiger partial charge on any atom is 0.114 e. The van der Waals surface area contributed by atoms with Crippen molar-refractivity contribution in [3.63, 3.8) is 0 Å². The quantitative estimate of drug-likeness (QED) is 0.317. The van der Waals surface area contributed by atoms with Gasteiger partial charge in [-0.15, -0.1) is 0 Å². The van der Waals surface area contributed by atoms with E-state index >= 15 is 0 Å².